The molecule has 1 aliphatic heterocycles. The Bertz CT molecular complexity index is 604. The molecule has 148 valence electrons. The fourth-order valence-electron chi connectivity index (χ4n) is 1.77. The Morgan fingerprint density at radius 3 is 2.08 bits per heavy atom. The number of hydrogen-bond acceptors (Lipinski definition) is 6. The Balaban J connectivity index is 0.000000758. The molecular weight excluding hydrogens is 367 g/mol. The second-order valence-corrected chi connectivity index (χ2v) is 5.28. The molecule has 10 nitrogen and oxygen atoms in total. The summed E-state index contributed by atoms with van der Waals surface area (Å²) < 4.78 is 36.7. The van der Waals surface area contributed by atoms with Crippen molar-refractivity contribution < 1.29 is 53.0 Å². The first-order chi connectivity index (χ1) is 11.7. The van der Waals surface area contributed by atoms with E-state index in [0.717, 1.165) is 0 Å². The molecule has 3 atom stereocenters. The zero-order valence-corrected chi connectivity index (χ0v) is 14.0. The second-order valence-electron chi connectivity index (χ2n) is 5.28. The van der Waals surface area contributed by atoms with E-state index in [2.05, 4.69) is 11.1 Å². The third-order valence-corrected chi connectivity index (χ3v) is 2.90. The summed E-state index contributed by atoms with van der Waals surface area (Å²) in [6.45, 7) is 1.31. The lowest BCUT2D eigenvalue weighted by molar-refractivity contribution is -0.414. The van der Waals surface area contributed by atoms with Gasteiger partial charge in [0.1, 0.15) is 18.1 Å². The van der Waals surface area contributed by atoms with Gasteiger partial charge in [0, 0.05) is 27.1 Å². The minimum atomic E-state index is -5.19. The van der Waals surface area contributed by atoms with Gasteiger partial charge in [-0.25, -0.2) is 4.79 Å². The second kappa shape index (κ2) is 9.03. The maximum absolute atomic E-state index is 12.0. The number of rotatable bonds is 3. The average molecular weight is 385 g/mol. The van der Waals surface area contributed by atoms with Crippen LogP contribution in [0.4, 0.5) is 13.2 Å². The van der Waals surface area contributed by atoms with E-state index in [4.69, 9.17) is 19.7 Å². The van der Waals surface area contributed by atoms with Crippen LogP contribution in [0.25, 0.3) is 0 Å². The monoisotopic (exact) mass is 385 g/mol. The third-order valence-electron chi connectivity index (χ3n) is 2.90. The number of carbonyl (C=O) groups is 4. The van der Waals surface area contributed by atoms with Gasteiger partial charge in [-0.15, -0.1) is 0 Å². The lowest BCUT2D eigenvalue weighted by Gasteiger charge is -2.33. The number of carbonyl (C=O) groups excluding carboxylic acids is 3. The molecule has 0 spiro atoms. The number of carboxylic acid groups (broad SMARTS) is 2. The quantitative estimate of drug-likeness (QED) is 0.462. The van der Waals surface area contributed by atoms with Crippen LogP contribution < -0.4 is 16.2 Å². The molecule has 0 saturated heterocycles. The van der Waals surface area contributed by atoms with Crippen molar-refractivity contribution in [2.45, 2.75) is 31.3 Å². The molecule has 0 aromatic heterocycles. The Morgan fingerprint density at radius 2 is 1.77 bits per heavy atom. The van der Waals surface area contributed by atoms with E-state index in [1.54, 1.807) is 0 Å². The van der Waals surface area contributed by atoms with Gasteiger partial charge in [-0.1, -0.05) is 0 Å². The highest BCUT2D eigenvalue weighted by Crippen LogP contribution is 2.18. The summed E-state index contributed by atoms with van der Waals surface area (Å²) in [5, 5.41) is 20.3. The van der Waals surface area contributed by atoms with Crippen molar-refractivity contribution in [3.05, 3.63) is 11.8 Å². The minimum Gasteiger partial charge on any atom is -0.542 e. The van der Waals surface area contributed by atoms with E-state index in [1.165, 1.54) is 32.0 Å². The standard InChI is InChI=1S/C11H17N3O5.C2HF3O2/c1-5(15)13-8-6(12)4-7(11(17)18)19-9(8)10(16)14(2)3;3-2(4,5)1(6)7/h4,6,8-9H,12H2,1-3H3,(H,13,15)(H,17,18);(H,6,7)/t6-,8+,9+;/m0./s1. The largest absolute Gasteiger partial charge is 0.542 e. The van der Waals surface area contributed by atoms with Crippen molar-refractivity contribution in [2.75, 3.05) is 14.1 Å². The van der Waals surface area contributed by atoms with Crippen molar-refractivity contribution in [3.8, 4) is 0 Å². The maximum atomic E-state index is 12.0. The number of alkyl halides is 3. The predicted octanol–water partition coefficient (Wildman–Crippen LogP) is -3.14. The van der Waals surface area contributed by atoms with Crippen molar-refractivity contribution in [1.29, 1.82) is 0 Å². The molecule has 13 heteroatoms. The summed E-state index contributed by atoms with van der Waals surface area (Å²) in [5.74, 6) is -5.38. The Labute approximate surface area is 145 Å². The predicted molar refractivity (Wildman–Crippen MR) is 74.6 cm³/mol. The number of ether oxygens (including phenoxy) is 1. The maximum Gasteiger partial charge on any atom is 0.430 e. The van der Waals surface area contributed by atoms with Crippen LogP contribution in [0.1, 0.15) is 6.92 Å². The number of amides is 2. The molecule has 0 bridgehead atoms. The fraction of sp³-hybridized carbons (Fsp3) is 0.538. The lowest BCUT2D eigenvalue weighted by Crippen LogP contribution is -2.74. The van der Waals surface area contributed by atoms with Crippen LogP contribution in [-0.4, -0.2) is 72.2 Å². The minimum absolute atomic E-state index is 0.332. The van der Waals surface area contributed by atoms with Crippen LogP contribution in [-0.2, 0) is 23.9 Å². The Kier molecular flexibility index (Phi) is 8.05. The van der Waals surface area contributed by atoms with Gasteiger partial charge >= 0.3 is 12.1 Å². The summed E-state index contributed by atoms with van der Waals surface area (Å²) in [6.07, 6.45) is -5.01. The van der Waals surface area contributed by atoms with Crippen LogP contribution in [0.2, 0.25) is 0 Å². The molecule has 5 N–H and O–H groups in total. The smallest absolute Gasteiger partial charge is 0.430 e. The number of halogens is 3. The van der Waals surface area contributed by atoms with E-state index in [0.29, 0.717) is 0 Å². The van der Waals surface area contributed by atoms with Gasteiger partial charge in [-0.3, -0.25) is 9.59 Å². The van der Waals surface area contributed by atoms with Gasteiger partial charge in [0.15, 0.2) is 0 Å². The van der Waals surface area contributed by atoms with E-state index >= 15 is 0 Å². The number of aliphatic carboxylic acids is 2. The van der Waals surface area contributed by atoms with Crippen LogP contribution >= 0.6 is 0 Å². The molecule has 26 heavy (non-hydrogen) atoms. The van der Waals surface area contributed by atoms with Gasteiger partial charge in [0.05, 0.1) is 0 Å². The molecule has 0 radical (unpaired) electrons. The summed E-state index contributed by atoms with van der Waals surface area (Å²) in [7, 11) is 3.04. The molecule has 1 rings (SSSR count). The first kappa shape index (κ1) is 23.2. The van der Waals surface area contributed by atoms with Gasteiger partial charge in [-0.05, 0) is 0 Å². The summed E-state index contributed by atoms with van der Waals surface area (Å²) in [5.41, 5.74) is 3.75. The van der Waals surface area contributed by atoms with Gasteiger partial charge in [-0.2, -0.15) is 13.2 Å². The SMILES string of the molecule is CC(=O)N[C@@H]1[C@@H]([NH3+])C=C(C(=O)O)O[C@H]1C(=O)N(C)C.O=C([O-])C(F)(F)F. The highest BCUT2D eigenvalue weighted by molar-refractivity contribution is 5.88. The number of quaternary nitrogens is 1. The topological polar surface area (TPSA) is 164 Å². The number of nitrogens with zero attached hydrogens (tertiary/aromatic N) is 1. The van der Waals surface area contributed by atoms with Gasteiger partial charge in [0.25, 0.3) is 5.91 Å². The van der Waals surface area contributed by atoms with Crippen molar-refractivity contribution in [2.24, 2.45) is 0 Å². The molecule has 0 aromatic rings. The van der Waals surface area contributed by atoms with Crippen molar-refractivity contribution in [3.63, 3.8) is 0 Å². The van der Waals surface area contributed by atoms with Crippen LogP contribution in [0.15, 0.2) is 11.8 Å². The molecule has 0 fully saturated rings. The fourth-order valence-corrected chi connectivity index (χ4v) is 1.77. The van der Waals surface area contributed by atoms with E-state index in [-0.39, 0.29) is 11.7 Å². The van der Waals surface area contributed by atoms with Gasteiger partial charge < -0.3 is 35.7 Å². The number of carboxylic acids is 2. The first-order valence-corrected chi connectivity index (χ1v) is 6.89. The molecule has 1 heterocycles. The Morgan fingerprint density at radius 1 is 1.31 bits per heavy atom. The first-order valence-electron chi connectivity index (χ1n) is 6.89. The number of hydrogen-bond donors (Lipinski definition) is 3. The number of nitrogens with one attached hydrogen (secondary N) is 1. The van der Waals surface area contributed by atoms with Gasteiger partial charge in [0.2, 0.25) is 17.8 Å². The highest BCUT2D eigenvalue weighted by atomic mass is 19.4. The average Bonchev–Trinajstić information content (AvgIpc) is 2.47. The highest BCUT2D eigenvalue weighted by Gasteiger charge is 2.42. The molecule has 0 saturated carbocycles. The normalized spacial score (nSPS) is 22.0. The van der Waals surface area contributed by atoms with E-state index in [9.17, 15) is 27.6 Å². The number of likely N-dealkylation sites (N-methyl/N-ethyl adjacent to an activating group) is 1. The molecule has 1 aliphatic rings. The summed E-state index contributed by atoms with van der Waals surface area (Å²) in [4.78, 5) is 44.2. The molecule has 2 amide bonds. The van der Waals surface area contributed by atoms with Crippen LogP contribution in [0.3, 0.4) is 0 Å². The molecular formula is C13H18F3N3O7. The van der Waals surface area contributed by atoms with Crippen LogP contribution in [0, 0.1) is 0 Å². The van der Waals surface area contributed by atoms with Crippen molar-refractivity contribution in [1.82, 2.24) is 10.2 Å². The van der Waals surface area contributed by atoms with E-state index in [1.807, 2.05) is 0 Å². The molecule has 0 unspecified atom stereocenters. The Hall–Kier alpha value is -2.83. The van der Waals surface area contributed by atoms with Crippen LogP contribution in [0.5, 0.6) is 0 Å². The zero-order chi connectivity index (χ0) is 20.8. The lowest BCUT2D eigenvalue weighted by atomic mass is 9.98. The summed E-state index contributed by atoms with van der Waals surface area (Å²) in [6, 6.07) is -1.27. The van der Waals surface area contributed by atoms with E-state index < -0.39 is 42.2 Å². The molecule has 0 aromatic carbocycles. The van der Waals surface area contributed by atoms with Crippen molar-refractivity contribution >= 4 is 23.8 Å². The molecule has 0 aliphatic carbocycles. The zero-order valence-electron chi connectivity index (χ0n) is 14.0. The third kappa shape index (κ3) is 6.96. The summed E-state index contributed by atoms with van der Waals surface area (Å²) >= 11 is 0.